The Hall–Kier alpha value is -2.84. The number of hydrogen-bond acceptors (Lipinski definition) is 6. The molecule has 8 nitrogen and oxygen atoms in total. The highest BCUT2D eigenvalue weighted by atomic mass is 35.5. The zero-order valence-corrected chi connectivity index (χ0v) is 16.9. The molecule has 0 saturated heterocycles. The average molecular weight is 422 g/mol. The maximum atomic E-state index is 12.2. The number of ether oxygens (including phenoxy) is 1. The van der Waals surface area contributed by atoms with Gasteiger partial charge in [-0.2, -0.15) is 5.10 Å². The van der Waals surface area contributed by atoms with Crippen LogP contribution < -0.4 is 15.6 Å². The molecule has 0 unspecified atom stereocenters. The normalized spacial score (nSPS) is 14.2. The van der Waals surface area contributed by atoms with Crippen LogP contribution >= 0.6 is 23.2 Å². The topological polar surface area (TPSA) is 99.7 Å². The van der Waals surface area contributed by atoms with Crippen molar-refractivity contribution in [3.63, 3.8) is 0 Å². The van der Waals surface area contributed by atoms with Crippen molar-refractivity contribution in [3.8, 4) is 11.6 Å². The van der Waals surface area contributed by atoms with Gasteiger partial charge in [-0.3, -0.25) is 14.6 Å². The van der Waals surface area contributed by atoms with E-state index in [1.54, 1.807) is 7.05 Å². The second-order valence-electron chi connectivity index (χ2n) is 6.39. The first kappa shape index (κ1) is 19.9. The van der Waals surface area contributed by atoms with E-state index in [1.807, 2.05) is 13.8 Å². The number of benzene rings is 1. The minimum atomic E-state index is -0.423. The van der Waals surface area contributed by atoms with Gasteiger partial charge in [0.25, 0.3) is 11.5 Å². The molecule has 0 radical (unpaired) electrons. The van der Waals surface area contributed by atoms with E-state index >= 15 is 0 Å². The zero-order valence-electron chi connectivity index (χ0n) is 15.3. The van der Waals surface area contributed by atoms with Gasteiger partial charge in [0, 0.05) is 24.2 Å². The first-order valence-electron chi connectivity index (χ1n) is 8.27. The van der Waals surface area contributed by atoms with E-state index in [0.717, 1.165) is 0 Å². The highest BCUT2D eigenvalue weighted by Crippen LogP contribution is 2.37. The Kier molecular flexibility index (Phi) is 5.44. The minimum absolute atomic E-state index is 0.0167. The zero-order chi connectivity index (χ0) is 20.6. The highest BCUT2D eigenvalue weighted by molar-refractivity contribution is 6.47. The smallest absolute Gasteiger partial charge is 0.277 e. The minimum Gasteiger partial charge on any atom is -0.434 e. The van der Waals surface area contributed by atoms with Crippen LogP contribution in [0.5, 0.6) is 11.6 Å². The van der Waals surface area contributed by atoms with Crippen molar-refractivity contribution in [2.24, 2.45) is 5.10 Å². The van der Waals surface area contributed by atoms with Crippen LogP contribution in [0.3, 0.4) is 0 Å². The van der Waals surface area contributed by atoms with Gasteiger partial charge in [0.2, 0.25) is 5.88 Å². The number of H-pyrrole nitrogens is 1. The lowest BCUT2D eigenvalue weighted by molar-refractivity contribution is -0.115. The molecule has 0 saturated carbocycles. The molecule has 1 amide bonds. The first-order valence-corrected chi connectivity index (χ1v) is 9.02. The summed E-state index contributed by atoms with van der Waals surface area (Å²) in [5.74, 6) is 0.209. The molecule has 1 aromatic carbocycles. The molecule has 1 aliphatic heterocycles. The van der Waals surface area contributed by atoms with Crippen LogP contribution in [0, 0.1) is 0 Å². The molecule has 2 heterocycles. The molecule has 1 aliphatic rings. The molecule has 10 heteroatoms. The average Bonchev–Trinajstić information content (AvgIpc) is 2.62. The van der Waals surface area contributed by atoms with Gasteiger partial charge in [0.15, 0.2) is 11.5 Å². The Morgan fingerprint density at radius 2 is 1.82 bits per heavy atom. The maximum Gasteiger partial charge on any atom is 0.277 e. The number of aromatic amines is 1. The predicted molar refractivity (Wildman–Crippen MR) is 107 cm³/mol. The van der Waals surface area contributed by atoms with E-state index in [0.29, 0.717) is 16.9 Å². The van der Waals surface area contributed by atoms with Gasteiger partial charge in [-0.05, 0) is 18.1 Å². The fourth-order valence-electron chi connectivity index (χ4n) is 2.50. The summed E-state index contributed by atoms with van der Waals surface area (Å²) in [5, 5.41) is 14.8. The van der Waals surface area contributed by atoms with E-state index in [9.17, 15) is 9.59 Å². The van der Waals surface area contributed by atoms with Gasteiger partial charge in [0.05, 0.1) is 10.0 Å². The van der Waals surface area contributed by atoms with Crippen molar-refractivity contribution >= 4 is 34.8 Å². The summed E-state index contributed by atoms with van der Waals surface area (Å²) in [6.07, 6.45) is 0. The number of aromatic nitrogens is 2. The van der Waals surface area contributed by atoms with Crippen LogP contribution in [0.25, 0.3) is 0 Å². The van der Waals surface area contributed by atoms with Crippen molar-refractivity contribution in [1.29, 1.82) is 0 Å². The SMILES string of the molecule is C=C1NC(=O)C(c2cc(Cl)c(Oc3cc(C(C)C)c(=O)[nH]n3)c(Cl)c2)=NN1C. The second kappa shape index (κ2) is 7.65. The van der Waals surface area contributed by atoms with E-state index < -0.39 is 5.91 Å². The van der Waals surface area contributed by atoms with Gasteiger partial charge >= 0.3 is 0 Å². The number of carbonyl (C=O) groups excluding carboxylic acids is 1. The van der Waals surface area contributed by atoms with Crippen molar-refractivity contribution < 1.29 is 9.53 Å². The molecule has 28 heavy (non-hydrogen) atoms. The van der Waals surface area contributed by atoms with Gasteiger partial charge in [0.1, 0.15) is 5.82 Å². The second-order valence-corrected chi connectivity index (χ2v) is 7.20. The van der Waals surface area contributed by atoms with Crippen molar-refractivity contribution in [1.82, 2.24) is 20.5 Å². The molecule has 0 fully saturated rings. The summed E-state index contributed by atoms with van der Waals surface area (Å²) < 4.78 is 5.68. The lowest BCUT2D eigenvalue weighted by Crippen LogP contribution is -2.41. The first-order chi connectivity index (χ1) is 13.2. The summed E-state index contributed by atoms with van der Waals surface area (Å²) >= 11 is 12.6. The number of halogens is 2. The Morgan fingerprint density at radius 1 is 1.18 bits per heavy atom. The Bertz CT molecular complexity index is 1040. The molecular formula is C18H17Cl2N5O3. The summed E-state index contributed by atoms with van der Waals surface area (Å²) in [4.78, 5) is 24.0. The molecule has 2 N–H and O–H groups in total. The summed E-state index contributed by atoms with van der Waals surface area (Å²) in [7, 11) is 1.65. The van der Waals surface area contributed by atoms with Crippen LogP contribution in [-0.4, -0.2) is 33.9 Å². The lowest BCUT2D eigenvalue weighted by Gasteiger charge is -2.24. The predicted octanol–water partition coefficient (Wildman–Crippen LogP) is 3.23. The summed E-state index contributed by atoms with van der Waals surface area (Å²) in [5.41, 5.74) is 0.776. The van der Waals surface area contributed by atoms with E-state index in [1.165, 1.54) is 23.2 Å². The molecule has 0 aliphatic carbocycles. The number of carbonyl (C=O) groups is 1. The molecular weight excluding hydrogens is 405 g/mol. The fraction of sp³-hybridized carbons (Fsp3) is 0.222. The third kappa shape index (κ3) is 3.88. The third-order valence-electron chi connectivity index (χ3n) is 4.02. The lowest BCUT2D eigenvalue weighted by atomic mass is 10.1. The van der Waals surface area contributed by atoms with Crippen LogP contribution in [0.2, 0.25) is 10.0 Å². The van der Waals surface area contributed by atoms with Crippen molar-refractivity contribution in [2.45, 2.75) is 19.8 Å². The van der Waals surface area contributed by atoms with Crippen LogP contribution in [0.1, 0.15) is 30.9 Å². The molecule has 1 aromatic heterocycles. The largest absolute Gasteiger partial charge is 0.434 e. The van der Waals surface area contributed by atoms with Gasteiger partial charge in [-0.25, -0.2) is 5.10 Å². The van der Waals surface area contributed by atoms with Gasteiger partial charge in [-0.15, -0.1) is 5.10 Å². The number of amides is 1. The van der Waals surface area contributed by atoms with Crippen molar-refractivity contribution in [2.75, 3.05) is 7.05 Å². The Labute approximate surface area is 170 Å². The van der Waals surface area contributed by atoms with Crippen LogP contribution in [-0.2, 0) is 4.79 Å². The fourth-order valence-corrected chi connectivity index (χ4v) is 3.06. The van der Waals surface area contributed by atoms with Crippen molar-refractivity contribution in [3.05, 3.63) is 62.1 Å². The van der Waals surface area contributed by atoms with Crippen LogP contribution in [0.15, 0.2) is 40.5 Å². The Balaban J connectivity index is 1.97. The van der Waals surface area contributed by atoms with Gasteiger partial charge < -0.3 is 10.1 Å². The molecule has 146 valence electrons. The number of nitrogens with zero attached hydrogens (tertiary/aromatic N) is 3. The quantitative estimate of drug-likeness (QED) is 0.788. The summed E-state index contributed by atoms with van der Waals surface area (Å²) in [6, 6.07) is 4.56. The molecule has 0 spiro atoms. The van der Waals surface area contributed by atoms with E-state index in [4.69, 9.17) is 27.9 Å². The Morgan fingerprint density at radius 3 is 2.43 bits per heavy atom. The third-order valence-corrected chi connectivity index (χ3v) is 4.58. The standard InChI is InChI=1S/C18H17Cl2N5O3/c1-8(2)11-7-14(22-23-17(11)26)28-16-12(19)5-10(6-13(16)20)15-18(27)21-9(3)25(4)24-15/h5-8H,3H2,1-2,4H3,(H,21,27)(H,23,26). The summed E-state index contributed by atoms with van der Waals surface area (Å²) in [6.45, 7) is 7.44. The van der Waals surface area contributed by atoms with Crippen LogP contribution in [0.4, 0.5) is 0 Å². The molecule has 2 aromatic rings. The molecule has 0 bridgehead atoms. The van der Waals surface area contributed by atoms with E-state index in [2.05, 4.69) is 27.2 Å². The van der Waals surface area contributed by atoms with Gasteiger partial charge in [-0.1, -0.05) is 43.6 Å². The number of nitrogens with one attached hydrogen (secondary N) is 2. The number of hydrogen-bond donors (Lipinski definition) is 2. The highest BCUT2D eigenvalue weighted by Gasteiger charge is 2.24. The van der Waals surface area contributed by atoms with E-state index in [-0.39, 0.29) is 38.9 Å². The number of rotatable bonds is 4. The molecule has 3 rings (SSSR count). The maximum absolute atomic E-state index is 12.2. The number of hydrazone groups is 1. The monoisotopic (exact) mass is 421 g/mol. The molecule has 0 atom stereocenters.